The molecule has 1 N–H and O–H groups in total. The zero-order valence-electron chi connectivity index (χ0n) is 11.5. The van der Waals surface area contributed by atoms with Gasteiger partial charge < -0.3 is 14.6 Å². The summed E-state index contributed by atoms with van der Waals surface area (Å²) in [6.07, 6.45) is 1.58. The van der Waals surface area contributed by atoms with Crippen molar-refractivity contribution in [1.29, 1.82) is 0 Å². The predicted molar refractivity (Wildman–Crippen MR) is 72.2 cm³/mol. The number of nitrogens with one attached hydrogen (secondary N) is 1. The van der Waals surface area contributed by atoms with Gasteiger partial charge in [-0.25, -0.2) is 0 Å². The molecule has 0 amide bonds. The predicted octanol–water partition coefficient (Wildman–Crippen LogP) is 2.34. The molecule has 102 valence electrons. The van der Waals surface area contributed by atoms with E-state index in [1.165, 1.54) is 0 Å². The number of hydrogen-bond acceptors (Lipinski definition) is 5. The highest BCUT2D eigenvalue weighted by Crippen LogP contribution is 2.16. The number of hydrogen-bond donors (Lipinski definition) is 1. The first kappa shape index (κ1) is 13.5. The van der Waals surface area contributed by atoms with Gasteiger partial charge in [0.15, 0.2) is 5.82 Å². The number of nitrogens with zero attached hydrogens (tertiary/aromatic N) is 2. The summed E-state index contributed by atoms with van der Waals surface area (Å²) >= 11 is 0. The first-order valence-electron chi connectivity index (χ1n) is 6.39. The van der Waals surface area contributed by atoms with E-state index in [0.717, 1.165) is 17.7 Å². The minimum atomic E-state index is 0.122. The van der Waals surface area contributed by atoms with E-state index in [4.69, 9.17) is 9.26 Å². The van der Waals surface area contributed by atoms with Gasteiger partial charge in [0.1, 0.15) is 5.75 Å². The van der Waals surface area contributed by atoms with E-state index in [1.807, 2.05) is 31.3 Å². The van der Waals surface area contributed by atoms with Crippen LogP contribution in [0.2, 0.25) is 0 Å². The van der Waals surface area contributed by atoms with Crippen LogP contribution in [0.25, 0.3) is 0 Å². The van der Waals surface area contributed by atoms with E-state index in [9.17, 15) is 0 Å². The second kappa shape index (κ2) is 6.33. The van der Waals surface area contributed by atoms with Crippen LogP contribution < -0.4 is 10.1 Å². The molecule has 0 fully saturated rings. The van der Waals surface area contributed by atoms with E-state index in [1.54, 1.807) is 7.11 Å². The number of rotatable bonds is 6. The van der Waals surface area contributed by atoms with Crippen molar-refractivity contribution in [3.8, 4) is 5.75 Å². The van der Waals surface area contributed by atoms with Crippen molar-refractivity contribution in [3.63, 3.8) is 0 Å². The Bertz CT molecular complexity index is 504. The lowest BCUT2D eigenvalue weighted by Gasteiger charge is -2.06. The Labute approximate surface area is 113 Å². The maximum absolute atomic E-state index is 5.28. The molecule has 0 aliphatic carbocycles. The highest BCUT2D eigenvalue weighted by atomic mass is 16.5. The van der Waals surface area contributed by atoms with Gasteiger partial charge in [0, 0.05) is 6.42 Å². The van der Waals surface area contributed by atoms with E-state index >= 15 is 0 Å². The van der Waals surface area contributed by atoms with Gasteiger partial charge in [-0.05, 0) is 31.2 Å². The molecule has 2 rings (SSSR count). The van der Waals surface area contributed by atoms with E-state index < -0.39 is 0 Å². The van der Waals surface area contributed by atoms with Crippen LogP contribution in [-0.2, 0) is 6.42 Å². The normalized spacial score (nSPS) is 12.4. The minimum absolute atomic E-state index is 0.122. The van der Waals surface area contributed by atoms with Crippen LogP contribution in [0.1, 0.15) is 36.7 Å². The van der Waals surface area contributed by atoms with Crippen LogP contribution >= 0.6 is 0 Å². The van der Waals surface area contributed by atoms with Gasteiger partial charge in [0.25, 0.3) is 0 Å². The molecule has 0 aliphatic rings. The first-order chi connectivity index (χ1) is 9.26. The lowest BCUT2D eigenvalue weighted by atomic mass is 10.1. The number of aromatic nitrogens is 2. The van der Waals surface area contributed by atoms with Gasteiger partial charge in [-0.3, -0.25) is 0 Å². The monoisotopic (exact) mass is 261 g/mol. The van der Waals surface area contributed by atoms with Gasteiger partial charge in [0.05, 0.1) is 13.2 Å². The summed E-state index contributed by atoms with van der Waals surface area (Å²) < 4.78 is 10.4. The van der Waals surface area contributed by atoms with Crippen molar-refractivity contribution in [3.05, 3.63) is 41.5 Å². The summed E-state index contributed by atoms with van der Waals surface area (Å²) in [5.41, 5.74) is 1.13. The topological polar surface area (TPSA) is 60.2 Å². The molecule has 0 spiro atoms. The van der Waals surface area contributed by atoms with Crippen LogP contribution in [-0.4, -0.2) is 24.3 Å². The Morgan fingerprint density at radius 1 is 1.32 bits per heavy atom. The third-order valence-electron chi connectivity index (χ3n) is 3.06. The summed E-state index contributed by atoms with van der Waals surface area (Å²) in [7, 11) is 3.55. The summed E-state index contributed by atoms with van der Waals surface area (Å²) in [5, 5.41) is 7.16. The van der Waals surface area contributed by atoms with E-state index in [-0.39, 0.29) is 6.04 Å². The summed E-state index contributed by atoms with van der Waals surface area (Å²) in [4.78, 5) is 4.42. The van der Waals surface area contributed by atoms with Crippen molar-refractivity contribution in [1.82, 2.24) is 15.5 Å². The van der Waals surface area contributed by atoms with Crippen molar-refractivity contribution in [2.24, 2.45) is 0 Å². The molecule has 5 nitrogen and oxygen atoms in total. The number of ether oxygens (including phenoxy) is 1. The molecule has 19 heavy (non-hydrogen) atoms. The minimum Gasteiger partial charge on any atom is -0.497 e. The van der Waals surface area contributed by atoms with E-state index in [2.05, 4.69) is 22.4 Å². The molecule has 5 heteroatoms. The molecule has 1 atom stereocenters. The average Bonchev–Trinajstić information content (AvgIpc) is 2.89. The van der Waals surface area contributed by atoms with Gasteiger partial charge in [-0.2, -0.15) is 4.98 Å². The summed E-state index contributed by atoms with van der Waals surface area (Å²) in [6.45, 7) is 2.08. The number of methoxy groups -OCH3 is 1. The highest BCUT2D eigenvalue weighted by molar-refractivity contribution is 5.28. The fourth-order valence-corrected chi connectivity index (χ4v) is 1.91. The Hall–Kier alpha value is -1.88. The Kier molecular flexibility index (Phi) is 4.52. The zero-order chi connectivity index (χ0) is 13.7. The fraction of sp³-hybridized carbons (Fsp3) is 0.429. The quantitative estimate of drug-likeness (QED) is 0.864. The van der Waals surface area contributed by atoms with Crippen molar-refractivity contribution in [2.45, 2.75) is 25.8 Å². The molecule has 0 bridgehead atoms. The van der Waals surface area contributed by atoms with Crippen LogP contribution in [0.15, 0.2) is 28.8 Å². The van der Waals surface area contributed by atoms with Gasteiger partial charge in [-0.15, -0.1) is 0 Å². The lowest BCUT2D eigenvalue weighted by Crippen LogP contribution is -2.15. The maximum Gasteiger partial charge on any atom is 0.243 e. The zero-order valence-corrected chi connectivity index (χ0v) is 11.5. The molecule has 0 aliphatic heterocycles. The number of benzene rings is 1. The van der Waals surface area contributed by atoms with Gasteiger partial charge in [0.2, 0.25) is 5.89 Å². The Morgan fingerprint density at radius 3 is 2.63 bits per heavy atom. The SMILES string of the molecule is CCC(NC)c1nc(Cc2ccc(OC)cc2)no1. The van der Waals surface area contributed by atoms with Crippen LogP contribution in [0, 0.1) is 0 Å². The third kappa shape index (κ3) is 3.32. The Morgan fingerprint density at radius 2 is 2.05 bits per heavy atom. The fourth-order valence-electron chi connectivity index (χ4n) is 1.91. The second-order valence-electron chi connectivity index (χ2n) is 4.32. The molecule has 1 aromatic heterocycles. The molecule has 0 saturated carbocycles. The van der Waals surface area contributed by atoms with Crippen LogP contribution in [0.3, 0.4) is 0 Å². The van der Waals surface area contributed by atoms with Crippen molar-refractivity contribution >= 4 is 0 Å². The highest BCUT2D eigenvalue weighted by Gasteiger charge is 2.15. The smallest absolute Gasteiger partial charge is 0.243 e. The molecule has 0 saturated heterocycles. The molecular weight excluding hydrogens is 242 g/mol. The first-order valence-corrected chi connectivity index (χ1v) is 6.39. The summed E-state index contributed by atoms with van der Waals surface area (Å²) in [6, 6.07) is 7.99. The van der Waals surface area contributed by atoms with Crippen LogP contribution in [0.4, 0.5) is 0 Å². The van der Waals surface area contributed by atoms with E-state index in [0.29, 0.717) is 18.1 Å². The second-order valence-corrected chi connectivity index (χ2v) is 4.32. The van der Waals surface area contributed by atoms with Crippen LogP contribution in [0.5, 0.6) is 5.75 Å². The molecule has 0 radical (unpaired) electrons. The third-order valence-corrected chi connectivity index (χ3v) is 3.06. The van der Waals surface area contributed by atoms with Gasteiger partial charge in [-0.1, -0.05) is 24.2 Å². The molecule has 1 unspecified atom stereocenters. The maximum atomic E-state index is 5.28. The Balaban J connectivity index is 2.06. The summed E-state index contributed by atoms with van der Waals surface area (Å²) in [5.74, 6) is 2.20. The van der Waals surface area contributed by atoms with Crippen molar-refractivity contribution in [2.75, 3.05) is 14.2 Å². The average molecular weight is 261 g/mol. The standard InChI is InChI=1S/C14H19N3O2/c1-4-12(15-2)14-16-13(17-19-14)9-10-5-7-11(18-3)8-6-10/h5-8,12,15H,4,9H2,1-3H3. The molecule has 2 aromatic rings. The van der Waals surface area contributed by atoms with Crippen molar-refractivity contribution < 1.29 is 9.26 Å². The lowest BCUT2D eigenvalue weighted by molar-refractivity contribution is 0.331. The molecular formula is C14H19N3O2. The van der Waals surface area contributed by atoms with Gasteiger partial charge >= 0.3 is 0 Å². The molecule has 1 aromatic carbocycles. The molecule has 1 heterocycles. The largest absolute Gasteiger partial charge is 0.497 e.